The van der Waals surface area contributed by atoms with Crippen molar-refractivity contribution in [1.29, 1.82) is 0 Å². The lowest BCUT2D eigenvalue weighted by Crippen LogP contribution is -2.21. The van der Waals surface area contributed by atoms with E-state index in [-0.39, 0.29) is 11.7 Å². The van der Waals surface area contributed by atoms with Crippen molar-refractivity contribution < 1.29 is 4.79 Å². The van der Waals surface area contributed by atoms with Crippen molar-refractivity contribution in [1.82, 2.24) is 4.98 Å². The van der Waals surface area contributed by atoms with Gasteiger partial charge >= 0.3 is 0 Å². The SMILES string of the molecule is NCC(C(=O)c1ccc2cccnc2c1)c1ccccc1. The van der Waals surface area contributed by atoms with Gasteiger partial charge in [-0.05, 0) is 17.7 Å². The summed E-state index contributed by atoms with van der Waals surface area (Å²) < 4.78 is 0. The van der Waals surface area contributed by atoms with Gasteiger partial charge in [0.2, 0.25) is 0 Å². The Morgan fingerprint density at radius 2 is 1.86 bits per heavy atom. The molecule has 3 rings (SSSR count). The number of carbonyl (C=O) groups excluding carboxylic acids is 1. The third-order valence-electron chi connectivity index (χ3n) is 3.64. The number of nitrogens with zero attached hydrogens (tertiary/aromatic N) is 1. The van der Waals surface area contributed by atoms with E-state index in [1.54, 1.807) is 6.20 Å². The minimum atomic E-state index is -0.313. The second-order valence-electron chi connectivity index (χ2n) is 4.97. The number of pyridine rings is 1. The largest absolute Gasteiger partial charge is 0.329 e. The van der Waals surface area contributed by atoms with E-state index in [0.717, 1.165) is 16.5 Å². The van der Waals surface area contributed by atoms with E-state index in [2.05, 4.69) is 4.98 Å². The van der Waals surface area contributed by atoms with Gasteiger partial charge in [-0.3, -0.25) is 9.78 Å². The van der Waals surface area contributed by atoms with Crippen LogP contribution in [0.3, 0.4) is 0 Å². The summed E-state index contributed by atoms with van der Waals surface area (Å²) in [4.78, 5) is 17.0. The third kappa shape index (κ3) is 2.69. The van der Waals surface area contributed by atoms with Gasteiger partial charge in [0.15, 0.2) is 5.78 Å². The summed E-state index contributed by atoms with van der Waals surface area (Å²) in [6.45, 7) is 0.295. The van der Waals surface area contributed by atoms with Crippen LogP contribution < -0.4 is 5.73 Å². The zero-order chi connectivity index (χ0) is 14.7. The fraction of sp³-hybridized carbons (Fsp3) is 0.111. The molecule has 3 heteroatoms. The molecule has 0 amide bonds. The van der Waals surface area contributed by atoms with E-state index in [1.807, 2.05) is 60.7 Å². The summed E-state index contributed by atoms with van der Waals surface area (Å²) in [5.74, 6) is -0.274. The van der Waals surface area contributed by atoms with Crippen LogP contribution in [0.4, 0.5) is 0 Å². The molecule has 0 saturated carbocycles. The average molecular weight is 276 g/mol. The first kappa shape index (κ1) is 13.5. The number of rotatable bonds is 4. The van der Waals surface area contributed by atoms with Crippen LogP contribution in [-0.4, -0.2) is 17.3 Å². The van der Waals surface area contributed by atoms with Gasteiger partial charge in [0.1, 0.15) is 0 Å². The molecule has 0 spiro atoms. The number of carbonyl (C=O) groups is 1. The number of Topliss-reactive ketones (excluding diaryl/α,β-unsaturated/α-hetero) is 1. The molecule has 2 N–H and O–H groups in total. The minimum Gasteiger partial charge on any atom is -0.329 e. The van der Waals surface area contributed by atoms with Crippen LogP contribution in [0.15, 0.2) is 66.9 Å². The van der Waals surface area contributed by atoms with Crippen molar-refractivity contribution >= 4 is 16.7 Å². The molecule has 0 aliphatic carbocycles. The lowest BCUT2D eigenvalue weighted by atomic mass is 9.90. The molecule has 1 aromatic heterocycles. The predicted molar refractivity (Wildman–Crippen MR) is 84.3 cm³/mol. The lowest BCUT2D eigenvalue weighted by molar-refractivity contribution is 0.0962. The molecule has 0 aliphatic heterocycles. The predicted octanol–water partition coefficient (Wildman–Crippen LogP) is 3.16. The van der Waals surface area contributed by atoms with E-state index < -0.39 is 0 Å². The smallest absolute Gasteiger partial charge is 0.171 e. The molecule has 0 radical (unpaired) electrons. The highest BCUT2D eigenvalue weighted by molar-refractivity contribution is 6.03. The topological polar surface area (TPSA) is 56.0 Å². The highest BCUT2D eigenvalue weighted by Gasteiger charge is 2.20. The molecule has 1 heterocycles. The number of hydrogen-bond donors (Lipinski definition) is 1. The van der Waals surface area contributed by atoms with Gasteiger partial charge in [0, 0.05) is 23.7 Å². The zero-order valence-electron chi connectivity index (χ0n) is 11.6. The minimum absolute atomic E-state index is 0.0382. The number of benzene rings is 2. The molecule has 0 aliphatic rings. The van der Waals surface area contributed by atoms with Crippen LogP contribution in [0, 0.1) is 0 Å². The first-order valence-corrected chi connectivity index (χ1v) is 6.93. The molecular weight excluding hydrogens is 260 g/mol. The van der Waals surface area contributed by atoms with E-state index in [0.29, 0.717) is 12.1 Å². The molecule has 3 nitrogen and oxygen atoms in total. The fourth-order valence-electron chi connectivity index (χ4n) is 2.50. The molecular formula is C18H16N2O. The average Bonchev–Trinajstić information content (AvgIpc) is 2.56. The number of hydrogen-bond acceptors (Lipinski definition) is 3. The van der Waals surface area contributed by atoms with Gasteiger partial charge in [-0.1, -0.05) is 48.5 Å². The van der Waals surface area contributed by atoms with Crippen LogP contribution in [0.5, 0.6) is 0 Å². The molecule has 0 fully saturated rings. The number of fused-ring (bicyclic) bond motifs is 1. The van der Waals surface area contributed by atoms with Gasteiger partial charge in [-0.15, -0.1) is 0 Å². The highest BCUT2D eigenvalue weighted by atomic mass is 16.1. The van der Waals surface area contributed by atoms with Gasteiger partial charge in [-0.2, -0.15) is 0 Å². The summed E-state index contributed by atoms with van der Waals surface area (Å²) in [7, 11) is 0. The van der Waals surface area contributed by atoms with Crippen molar-refractivity contribution in [3.8, 4) is 0 Å². The van der Waals surface area contributed by atoms with Gasteiger partial charge in [0.05, 0.1) is 11.4 Å². The van der Waals surface area contributed by atoms with Crippen LogP contribution in [0.1, 0.15) is 21.8 Å². The Labute approximate surface area is 123 Å². The van der Waals surface area contributed by atoms with Crippen LogP contribution >= 0.6 is 0 Å². The van der Waals surface area contributed by atoms with Gasteiger partial charge < -0.3 is 5.73 Å². The number of nitrogens with two attached hydrogens (primary N) is 1. The van der Waals surface area contributed by atoms with Gasteiger partial charge in [0.25, 0.3) is 0 Å². The summed E-state index contributed by atoms with van der Waals surface area (Å²) >= 11 is 0. The van der Waals surface area contributed by atoms with E-state index >= 15 is 0 Å². The maximum Gasteiger partial charge on any atom is 0.171 e. The van der Waals surface area contributed by atoms with Crippen molar-refractivity contribution in [2.45, 2.75) is 5.92 Å². The number of aromatic nitrogens is 1. The standard InChI is InChI=1S/C18H16N2O/c19-12-16(13-5-2-1-3-6-13)18(21)15-9-8-14-7-4-10-20-17(14)11-15/h1-11,16H,12,19H2. The zero-order valence-corrected chi connectivity index (χ0v) is 11.6. The molecule has 1 unspecified atom stereocenters. The van der Waals surface area contributed by atoms with E-state index in [1.165, 1.54) is 0 Å². The van der Waals surface area contributed by atoms with Crippen molar-refractivity contribution in [3.63, 3.8) is 0 Å². The van der Waals surface area contributed by atoms with Crippen molar-refractivity contribution in [3.05, 3.63) is 78.0 Å². The summed E-state index contributed by atoms with van der Waals surface area (Å²) in [5, 5.41) is 1.03. The quantitative estimate of drug-likeness (QED) is 0.745. The van der Waals surface area contributed by atoms with Gasteiger partial charge in [-0.25, -0.2) is 0 Å². The second-order valence-corrected chi connectivity index (χ2v) is 4.97. The Morgan fingerprint density at radius 3 is 2.62 bits per heavy atom. The molecule has 0 bridgehead atoms. The Kier molecular flexibility index (Phi) is 3.75. The van der Waals surface area contributed by atoms with Crippen LogP contribution in [-0.2, 0) is 0 Å². The maximum atomic E-state index is 12.7. The Balaban J connectivity index is 1.98. The Morgan fingerprint density at radius 1 is 1.05 bits per heavy atom. The number of ketones is 1. The molecule has 2 aromatic carbocycles. The summed E-state index contributed by atoms with van der Waals surface area (Å²) in [5.41, 5.74) is 8.25. The van der Waals surface area contributed by atoms with Crippen LogP contribution in [0.2, 0.25) is 0 Å². The molecule has 3 aromatic rings. The molecule has 1 atom stereocenters. The molecule has 21 heavy (non-hydrogen) atoms. The first-order chi connectivity index (χ1) is 10.3. The third-order valence-corrected chi connectivity index (χ3v) is 3.64. The molecule has 0 saturated heterocycles. The second kappa shape index (κ2) is 5.85. The Bertz CT molecular complexity index is 768. The fourth-order valence-corrected chi connectivity index (χ4v) is 2.50. The highest BCUT2D eigenvalue weighted by Crippen LogP contribution is 2.22. The molecule has 104 valence electrons. The first-order valence-electron chi connectivity index (χ1n) is 6.93. The van der Waals surface area contributed by atoms with Crippen molar-refractivity contribution in [2.75, 3.05) is 6.54 Å². The van der Waals surface area contributed by atoms with E-state index in [4.69, 9.17) is 5.73 Å². The lowest BCUT2D eigenvalue weighted by Gasteiger charge is -2.14. The monoisotopic (exact) mass is 276 g/mol. The maximum absolute atomic E-state index is 12.7. The summed E-state index contributed by atoms with van der Waals surface area (Å²) in [6.07, 6.45) is 1.73. The Hall–Kier alpha value is -2.52. The van der Waals surface area contributed by atoms with Crippen LogP contribution in [0.25, 0.3) is 10.9 Å². The van der Waals surface area contributed by atoms with E-state index in [9.17, 15) is 4.79 Å². The van der Waals surface area contributed by atoms with Crippen molar-refractivity contribution in [2.24, 2.45) is 5.73 Å². The summed E-state index contributed by atoms with van der Waals surface area (Å²) in [6, 6.07) is 19.1. The normalized spacial score (nSPS) is 12.2.